The van der Waals surface area contributed by atoms with E-state index in [2.05, 4.69) is 10.6 Å². The molecule has 0 saturated carbocycles. The van der Waals surface area contributed by atoms with E-state index in [4.69, 9.17) is 10.8 Å². The van der Waals surface area contributed by atoms with E-state index in [-0.39, 0.29) is 17.4 Å². The lowest BCUT2D eigenvalue weighted by molar-refractivity contribution is 0.0953. The van der Waals surface area contributed by atoms with Gasteiger partial charge >= 0.3 is 0 Å². The van der Waals surface area contributed by atoms with Gasteiger partial charge in [-0.1, -0.05) is 0 Å². The molecule has 0 atom stereocenters. The predicted molar refractivity (Wildman–Crippen MR) is 77.9 cm³/mol. The van der Waals surface area contributed by atoms with Crippen LogP contribution in [0, 0.1) is 0 Å². The lowest BCUT2D eigenvalue weighted by atomic mass is 10.2. The van der Waals surface area contributed by atoms with Crippen LogP contribution in [-0.2, 0) is 0 Å². The first-order valence-corrected chi connectivity index (χ1v) is 6.86. The number of phenolic OH excluding ortho intramolecular Hbond substituents is 2. The molecule has 1 aromatic carbocycles. The Kier molecular flexibility index (Phi) is 7.46. The Balaban J connectivity index is 2.15. The molecule has 0 bridgehead atoms. The molecule has 20 heavy (non-hydrogen) atoms. The van der Waals surface area contributed by atoms with Crippen molar-refractivity contribution in [3.05, 3.63) is 23.8 Å². The smallest absolute Gasteiger partial charge is 0.251 e. The van der Waals surface area contributed by atoms with Crippen molar-refractivity contribution in [2.24, 2.45) is 5.73 Å². The lowest BCUT2D eigenvalue weighted by Crippen LogP contribution is -2.27. The van der Waals surface area contributed by atoms with Crippen LogP contribution in [0.3, 0.4) is 0 Å². The van der Waals surface area contributed by atoms with E-state index in [9.17, 15) is 9.90 Å². The number of nitrogens with one attached hydrogen (secondary N) is 2. The average Bonchev–Trinajstić information content (AvgIpc) is 2.44. The van der Waals surface area contributed by atoms with E-state index in [0.717, 1.165) is 38.9 Å². The first-order chi connectivity index (χ1) is 9.65. The number of hydrogen-bond donors (Lipinski definition) is 5. The number of carbonyl (C=O) groups is 1. The molecule has 0 heterocycles. The van der Waals surface area contributed by atoms with Gasteiger partial charge in [-0.25, -0.2) is 0 Å². The van der Waals surface area contributed by atoms with Gasteiger partial charge in [0, 0.05) is 12.1 Å². The fraction of sp³-hybridized carbons (Fsp3) is 0.500. The number of hydrogen-bond acceptors (Lipinski definition) is 5. The Hall–Kier alpha value is -1.79. The molecule has 0 aromatic heterocycles. The number of benzene rings is 1. The normalized spacial score (nSPS) is 10.4. The first-order valence-electron chi connectivity index (χ1n) is 6.86. The highest BCUT2D eigenvalue weighted by Crippen LogP contribution is 2.24. The molecule has 0 aliphatic carbocycles. The summed E-state index contributed by atoms with van der Waals surface area (Å²) in [5.74, 6) is -0.786. The third-order valence-corrected chi connectivity index (χ3v) is 2.86. The summed E-state index contributed by atoms with van der Waals surface area (Å²) in [5, 5.41) is 24.5. The number of phenols is 2. The molecule has 0 aliphatic rings. The summed E-state index contributed by atoms with van der Waals surface area (Å²) in [6, 6.07) is 4.01. The molecule has 6 N–H and O–H groups in total. The van der Waals surface area contributed by atoms with Crippen LogP contribution < -0.4 is 16.4 Å². The summed E-state index contributed by atoms with van der Waals surface area (Å²) < 4.78 is 0. The van der Waals surface area contributed by atoms with Crippen LogP contribution in [0.25, 0.3) is 0 Å². The molecule has 6 heteroatoms. The van der Waals surface area contributed by atoms with Crippen LogP contribution in [-0.4, -0.2) is 42.3 Å². The zero-order valence-corrected chi connectivity index (χ0v) is 11.6. The van der Waals surface area contributed by atoms with Crippen LogP contribution in [0.4, 0.5) is 0 Å². The van der Waals surface area contributed by atoms with Gasteiger partial charge in [-0.05, 0) is 57.1 Å². The summed E-state index contributed by atoms with van der Waals surface area (Å²) in [6.07, 6.45) is 2.92. The van der Waals surface area contributed by atoms with Crippen molar-refractivity contribution in [3.8, 4) is 11.5 Å². The SMILES string of the molecule is NCCCCNCCCNC(=O)c1ccc(O)c(O)c1. The maximum atomic E-state index is 11.7. The molecule has 0 unspecified atom stereocenters. The highest BCUT2D eigenvalue weighted by molar-refractivity contribution is 5.94. The van der Waals surface area contributed by atoms with Gasteiger partial charge < -0.3 is 26.6 Å². The minimum atomic E-state index is -0.292. The summed E-state index contributed by atoms with van der Waals surface area (Å²) in [5.41, 5.74) is 5.72. The fourth-order valence-electron chi connectivity index (χ4n) is 1.70. The number of aromatic hydroxyl groups is 2. The van der Waals surface area contributed by atoms with Crippen LogP contribution >= 0.6 is 0 Å². The van der Waals surface area contributed by atoms with E-state index in [1.807, 2.05) is 0 Å². The molecule has 6 nitrogen and oxygen atoms in total. The van der Waals surface area contributed by atoms with Crippen molar-refractivity contribution in [2.45, 2.75) is 19.3 Å². The Bertz CT molecular complexity index is 424. The first kappa shape index (κ1) is 16.3. The van der Waals surface area contributed by atoms with E-state index in [1.54, 1.807) is 0 Å². The third kappa shape index (κ3) is 5.90. The molecule has 1 rings (SSSR count). The quantitative estimate of drug-likeness (QED) is 0.335. The molecule has 0 aliphatic heterocycles. The fourth-order valence-corrected chi connectivity index (χ4v) is 1.70. The molecule has 0 spiro atoms. The van der Waals surface area contributed by atoms with Crippen molar-refractivity contribution in [1.82, 2.24) is 10.6 Å². The van der Waals surface area contributed by atoms with Gasteiger partial charge in [0.1, 0.15) is 0 Å². The van der Waals surface area contributed by atoms with Crippen LogP contribution in [0.15, 0.2) is 18.2 Å². The highest BCUT2D eigenvalue weighted by atomic mass is 16.3. The lowest BCUT2D eigenvalue weighted by Gasteiger charge is -2.07. The van der Waals surface area contributed by atoms with Crippen molar-refractivity contribution in [1.29, 1.82) is 0 Å². The van der Waals surface area contributed by atoms with E-state index in [0.29, 0.717) is 12.1 Å². The number of rotatable bonds is 9. The summed E-state index contributed by atoms with van der Waals surface area (Å²) in [6.45, 7) is 3.06. The van der Waals surface area contributed by atoms with Crippen LogP contribution in [0.2, 0.25) is 0 Å². The number of amides is 1. The van der Waals surface area contributed by atoms with Crippen LogP contribution in [0.1, 0.15) is 29.6 Å². The standard InChI is InChI=1S/C14H23N3O3/c15-6-1-2-7-16-8-3-9-17-14(20)11-4-5-12(18)13(19)10-11/h4-5,10,16,18-19H,1-3,6-9,15H2,(H,17,20). The zero-order valence-electron chi connectivity index (χ0n) is 11.6. The number of nitrogens with two attached hydrogens (primary N) is 1. The van der Waals surface area contributed by atoms with E-state index in [1.165, 1.54) is 18.2 Å². The molecule has 0 saturated heterocycles. The predicted octanol–water partition coefficient (Wildman–Crippen LogP) is 0.546. The van der Waals surface area contributed by atoms with Gasteiger partial charge in [-0.2, -0.15) is 0 Å². The topological polar surface area (TPSA) is 108 Å². The monoisotopic (exact) mass is 281 g/mol. The van der Waals surface area contributed by atoms with Crippen molar-refractivity contribution >= 4 is 5.91 Å². The largest absolute Gasteiger partial charge is 0.504 e. The van der Waals surface area contributed by atoms with Crippen molar-refractivity contribution in [2.75, 3.05) is 26.2 Å². The zero-order chi connectivity index (χ0) is 14.8. The second-order valence-corrected chi connectivity index (χ2v) is 4.56. The Morgan fingerprint density at radius 1 is 1.05 bits per heavy atom. The van der Waals surface area contributed by atoms with Gasteiger partial charge in [-0.3, -0.25) is 4.79 Å². The van der Waals surface area contributed by atoms with Gasteiger partial charge in [0.15, 0.2) is 11.5 Å². The van der Waals surface area contributed by atoms with Crippen LogP contribution in [0.5, 0.6) is 11.5 Å². The third-order valence-electron chi connectivity index (χ3n) is 2.86. The van der Waals surface area contributed by atoms with Gasteiger partial charge in [0.05, 0.1) is 0 Å². The van der Waals surface area contributed by atoms with Gasteiger partial charge in [-0.15, -0.1) is 0 Å². The molecule has 0 radical (unpaired) electrons. The molecule has 0 fully saturated rings. The molecular weight excluding hydrogens is 258 g/mol. The van der Waals surface area contributed by atoms with Crippen molar-refractivity contribution < 1.29 is 15.0 Å². The second-order valence-electron chi connectivity index (χ2n) is 4.56. The maximum absolute atomic E-state index is 11.7. The van der Waals surface area contributed by atoms with Gasteiger partial charge in [0.25, 0.3) is 5.91 Å². The minimum Gasteiger partial charge on any atom is -0.504 e. The maximum Gasteiger partial charge on any atom is 0.251 e. The summed E-state index contributed by atoms with van der Waals surface area (Å²) >= 11 is 0. The average molecular weight is 281 g/mol. The Labute approximate surface area is 119 Å². The molecule has 1 aromatic rings. The summed E-state index contributed by atoms with van der Waals surface area (Å²) in [4.78, 5) is 11.7. The second kappa shape index (κ2) is 9.17. The van der Waals surface area contributed by atoms with Gasteiger partial charge in [0.2, 0.25) is 0 Å². The molecule has 1 amide bonds. The Morgan fingerprint density at radius 2 is 1.80 bits per heavy atom. The number of unbranched alkanes of at least 4 members (excludes halogenated alkanes) is 1. The van der Waals surface area contributed by atoms with E-state index >= 15 is 0 Å². The summed E-state index contributed by atoms with van der Waals surface area (Å²) in [7, 11) is 0. The van der Waals surface area contributed by atoms with E-state index < -0.39 is 0 Å². The Morgan fingerprint density at radius 3 is 2.50 bits per heavy atom. The number of carbonyl (C=O) groups excluding carboxylic acids is 1. The minimum absolute atomic E-state index is 0.233. The van der Waals surface area contributed by atoms with Crippen molar-refractivity contribution in [3.63, 3.8) is 0 Å². The molecular formula is C14H23N3O3. The molecule has 112 valence electrons. The highest BCUT2D eigenvalue weighted by Gasteiger charge is 2.07.